The molecule has 0 aromatic heterocycles. The lowest BCUT2D eigenvalue weighted by molar-refractivity contribution is -0.133. The van der Waals surface area contributed by atoms with Gasteiger partial charge < -0.3 is 14.7 Å². The Kier molecular flexibility index (Phi) is 11.7. The fourth-order valence-electron chi connectivity index (χ4n) is 5.34. The van der Waals surface area contributed by atoms with Gasteiger partial charge in [0.1, 0.15) is 0 Å². The van der Waals surface area contributed by atoms with Crippen molar-refractivity contribution < 1.29 is 18.0 Å². The van der Waals surface area contributed by atoms with Gasteiger partial charge in [-0.1, -0.05) is 31.2 Å². The molecule has 2 aromatic rings. The number of hydrogen-bond acceptors (Lipinski definition) is 4. The lowest BCUT2D eigenvalue weighted by Crippen LogP contribution is -2.40. The molecule has 0 spiro atoms. The third kappa shape index (κ3) is 9.69. The molecule has 2 fully saturated rings. The molecule has 0 bridgehead atoms. The summed E-state index contributed by atoms with van der Waals surface area (Å²) in [5.74, 6) is 0.572. The Balaban J connectivity index is 0.00000400. The number of likely N-dealkylation sites (tertiary alicyclic amines) is 1. The fourth-order valence-corrected chi connectivity index (χ4v) is 6.00. The second kappa shape index (κ2) is 14.5. The number of nitrogens with zero attached hydrogens (tertiary/aromatic N) is 3. The zero-order chi connectivity index (χ0) is 26.3. The van der Waals surface area contributed by atoms with E-state index >= 15 is 0 Å². The fraction of sp³-hybridized carbons (Fsp3) is 0.552. The minimum Gasteiger partial charge on any atom is -0.370 e. The largest absolute Gasteiger partial charge is 0.446 e. The average molecular weight is 570 g/mol. The van der Waals surface area contributed by atoms with Crippen LogP contribution in [0.1, 0.15) is 45.1 Å². The van der Waals surface area contributed by atoms with Crippen LogP contribution in [0.4, 0.5) is 18.9 Å². The summed E-state index contributed by atoms with van der Waals surface area (Å²) >= 11 is 5.94. The molecule has 2 heterocycles. The van der Waals surface area contributed by atoms with Crippen LogP contribution in [-0.2, 0) is 11.2 Å². The van der Waals surface area contributed by atoms with Gasteiger partial charge in [0.15, 0.2) is 0 Å². The molecule has 2 aliphatic rings. The first-order valence-corrected chi connectivity index (χ1v) is 14.3. The molecular weight excluding hydrogens is 531 g/mol. The maximum absolute atomic E-state index is 12.9. The Labute approximate surface area is 234 Å². The minimum absolute atomic E-state index is 0. The molecule has 4 nitrogen and oxygen atoms in total. The van der Waals surface area contributed by atoms with Gasteiger partial charge in [0.25, 0.3) is 0 Å². The third-order valence-electron chi connectivity index (χ3n) is 7.20. The van der Waals surface area contributed by atoms with Crippen molar-refractivity contribution in [3.05, 3.63) is 59.1 Å². The van der Waals surface area contributed by atoms with Crippen molar-refractivity contribution in [3.8, 4) is 0 Å². The molecule has 2 saturated heterocycles. The summed E-state index contributed by atoms with van der Waals surface area (Å²) in [6.45, 7) is 6.50. The summed E-state index contributed by atoms with van der Waals surface area (Å²) in [6, 6.07) is 14.7. The minimum atomic E-state index is -4.27. The molecule has 9 heteroatoms. The molecule has 4 rings (SSSR count). The van der Waals surface area contributed by atoms with Gasteiger partial charge in [0, 0.05) is 54.8 Å². The first-order valence-electron chi connectivity index (χ1n) is 13.1. The standard InChI is InChI=1S/C28H35ClF3N3OS.CH4/c29-24-8-10-25(11-9-24)34-17-3-15-33(18-19-34)14-2-5-27(36)35-16-1-4-23(21-35)20-22-6-12-26(13-7-22)37-28(30,31)32;/h6-13,23H,1-5,14-21H2;1H4/t23-;/m1./s1. The molecule has 38 heavy (non-hydrogen) atoms. The van der Waals surface area contributed by atoms with E-state index in [0.717, 1.165) is 88.5 Å². The smallest absolute Gasteiger partial charge is 0.370 e. The van der Waals surface area contributed by atoms with Crippen molar-refractivity contribution in [2.75, 3.05) is 50.7 Å². The van der Waals surface area contributed by atoms with Gasteiger partial charge in [-0.2, -0.15) is 13.2 Å². The summed E-state index contributed by atoms with van der Waals surface area (Å²) in [7, 11) is 0. The second-order valence-electron chi connectivity index (χ2n) is 10.0. The molecule has 210 valence electrons. The number of rotatable bonds is 8. The average Bonchev–Trinajstić information content (AvgIpc) is 3.11. The molecule has 0 unspecified atom stereocenters. The van der Waals surface area contributed by atoms with Crippen LogP contribution >= 0.6 is 23.4 Å². The molecule has 0 radical (unpaired) electrons. The van der Waals surface area contributed by atoms with E-state index in [-0.39, 0.29) is 30.0 Å². The lowest BCUT2D eigenvalue weighted by atomic mass is 9.91. The summed E-state index contributed by atoms with van der Waals surface area (Å²) in [4.78, 5) is 20.0. The molecule has 0 aliphatic carbocycles. The summed E-state index contributed by atoms with van der Waals surface area (Å²) in [5.41, 5.74) is -2.03. The molecule has 1 amide bonds. The SMILES string of the molecule is C.O=C(CCCN1CCCN(c2ccc(Cl)cc2)CC1)N1CCC[C@H](Cc2ccc(SC(F)(F)F)cc2)C1. The number of benzene rings is 2. The van der Waals surface area contributed by atoms with Crippen molar-refractivity contribution in [3.63, 3.8) is 0 Å². The van der Waals surface area contributed by atoms with Crippen LogP contribution in [-0.4, -0.2) is 67.0 Å². The topological polar surface area (TPSA) is 26.8 Å². The van der Waals surface area contributed by atoms with Gasteiger partial charge in [-0.3, -0.25) is 4.79 Å². The van der Waals surface area contributed by atoms with Crippen molar-refractivity contribution >= 4 is 35.0 Å². The molecular formula is C29H39ClF3N3OS. The van der Waals surface area contributed by atoms with Crippen molar-refractivity contribution in [1.82, 2.24) is 9.80 Å². The second-order valence-corrected chi connectivity index (χ2v) is 11.6. The number of carbonyl (C=O) groups is 1. The van der Waals surface area contributed by atoms with E-state index < -0.39 is 5.51 Å². The van der Waals surface area contributed by atoms with Gasteiger partial charge in [0.05, 0.1) is 0 Å². The third-order valence-corrected chi connectivity index (χ3v) is 8.19. The van der Waals surface area contributed by atoms with E-state index in [1.807, 2.05) is 17.0 Å². The number of halogens is 4. The van der Waals surface area contributed by atoms with Crippen molar-refractivity contribution in [2.45, 2.75) is 56.4 Å². The van der Waals surface area contributed by atoms with E-state index in [0.29, 0.717) is 12.3 Å². The Morgan fingerprint density at radius 2 is 1.68 bits per heavy atom. The van der Waals surface area contributed by atoms with E-state index in [2.05, 4.69) is 21.9 Å². The van der Waals surface area contributed by atoms with Gasteiger partial charge >= 0.3 is 5.51 Å². The summed E-state index contributed by atoms with van der Waals surface area (Å²) in [6.07, 6.45) is 5.33. The maximum Gasteiger partial charge on any atom is 0.446 e. The Bertz CT molecular complexity index is 1000. The quantitative estimate of drug-likeness (QED) is 0.310. The number of alkyl halides is 3. The zero-order valence-corrected chi connectivity index (χ0v) is 22.6. The van der Waals surface area contributed by atoms with Crippen molar-refractivity contribution in [1.29, 1.82) is 0 Å². The van der Waals surface area contributed by atoms with Crippen LogP contribution in [0.5, 0.6) is 0 Å². The molecule has 1 atom stereocenters. The summed E-state index contributed by atoms with van der Waals surface area (Å²) in [5, 5.41) is 0.752. The first-order chi connectivity index (χ1) is 17.7. The van der Waals surface area contributed by atoms with Gasteiger partial charge in [-0.05, 0) is 105 Å². The zero-order valence-electron chi connectivity index (χ0n) is 21.1. The van der Waals surface area contributed by atoms with Gasteiger partial charge in [-0.15, -0.1) is 0 Å². The van der Waals surface area contributed by atoms with E-state index in [4.69, 9.17) is 11.6 Å². The van der Waals surface area contributed by atoms with Crippen LogP contribution in [0, 0.1) is 5.92 Å². The summed E-state index contributed by atoms with van der Waals surface area (Å²) < 4.78 is 37.7. The number of amides is 1. The highest BCUT2D eigenvalue weighted by Crippen LogP contribution is 2.37. The van der Waals surface area contributed by atoms with Crippen LogP contribution in [0.15, 0.2) is 53.4 Å². The van der Waals surface area contributed by atoms with Crippen LogP contribution in [0.2, 0.25) is 5.02 Å². The Morgan fingerprint density at radius 3 is 2.39 bits per heavy atom. The van der Waals surface area contributed by atoms with Crippen LogP contribution in [0.3, 0.4) is 0 Å². The molecule has 2 aliphatic heterocycles. The Morgan fingerprint density at radius 1 is 0.947 bits per heavy atom. The van der Waals surface area contributed by atoms with Crippen molar-refractivity contribution in [2.24, 2.45) is 5.92 Å². The molecule has 0 N–H and O–H groups in total. The number of carbonyl (C=O) groups excluding carboxylic acids is 1. The Hall–Kier alpha value is -1.90. The number of hydrogen-bond donors (Lipinski definition) is 0. The van der Waals surface area contributed by atoms with Gasteiger partial charge in [0.2, 0.25) is 5.91 Å². The van der Waals surface area contributed by atoms with Gasteiger partial charge in [-0.25, -0.2) is 0 Å². The highest BCUT2D eigenvalue weighted by Gasteiger charge is 2.29. The normalized spacial score (nSPS) is 19.1. The molecule has 0 saturated carbocycles. The lowest BCUT2D eigenvalue weighted by Gasteiger charge is -2.33. The van der Waals surface area contributed by atoms with E-state index in [1.165, 1.54) is 17.8 Å². The van der Waals surface area contributed by atoms with E-state index in [9.17, 15) is 18.0 Å². The van der Waals surface area contributed by atoms with Crippen LogP contribution < -0.4 is 4.90 Å². The number of thioether (sulfide) groups is 1. The monoisotopic (exact) mass is 569 g/mol. The van der Waals surface area contributed by atoms with E-state index in [1.54, 1.807) is 12.1 Å². The predicted molar refractivity (Wildman–Crippen MR) is 152 cm³/mol. The van der Waals surface area contributed by atoms with Crippen LogP contribution in [0.25, 0.3) is 0 Å². The number of piperidine rings is 1. The first kappa shape index (κ1) is 30.6. The highest BCUT2D eigenvalue weighted by molar-refractivity contribution is 8.00. The highest BCUT2D eigenvalue weighted by atomic mass is 35.5. The predicted octanol–water partition coefficient (Wildman–Crippen LogP) is 7.36. The molecule has 2 aromatic carbocycles. The maximum atomic E-state index is 12.9. The number of anilines is 1.